The molecule has 5 heteroatoms. The van der Waals surface area contributed by atoms with E-state index >= 15 is 0 Å². The maximum Gasteiger partial charge on any atom is 0.333 e. The van der Waals surface area contributed by atoms with Crippen LogP contribution in [0, 0.1) is 17.8 Å². The average Bonchev–Trinajstić information content (AvgIpc) is 2.83. The minimum absolute atomic E-state index is 0.0925. The number of carbonyl (C=O) groups excluding carboxylic acids is 2. The van der Waals surface area contributed by atoms with E-state index in [1.807, 2.05) is 0 Å². The topological polar surface area (TPSA) is 61.8 Å². The molecule has 0 N–H and O–H groups in total. The van der Waals surface area contributed by atoms with Gasteiger partial charge in [-0.05, 0) is 36.7 Å². The molecule has 24 heavy (non-hydrogen) atoms. The van der Waals surface area contributed by atoms with E-state index in [4.69, 9.17) is 14.2 Å². The Morgan fingerprint density at radius 2 is 2.17 bits per heavy atom. The molecule has 134 valence electrons. The van der Waals surface area contributed by atoms with Crippen LogP contribution in [0.1, 0.15) is 47.0 Å². The average molecular weight is 336 g/mol. The Morgan fingerprint density at radius 1 is 1.42 bits per heavy atom. The Labute approximate surface area is 144 Å². The van der Waals surface area contributed by atoms with Crippen LogP contribution in [-0.4, -0.2) is 30.9 Å². The van der Waals surface area contributed by atoms with Gasteiger partial charge in [0.05, 0.1) is 6.10 Å². The van der Waals surface area contributed by atoms with Gasteiger partial charge in [0.1, 0.15) is 6.61 Å². The van der Waals surface area contributed by atoms with Crippen LogP contribution in [0.15, 0.2) is 23.8 Å². The van der Waals surface area contributed by atoms with Gasteiger partial charge in [0, 0.05) is 18.6 Å². The number of hydrogen-bond donors (Lipinski definition) is 0. The summed E-state index contributed by atoms with van der Waals surface area (Å²) in [6.07, 6.45) is 7.64. The molecule has 0 aromatic rings. The summed E-state index contributed by atoms with van der Waals surface area (Å²) in [5, 5.41) is 0. The molecule has 0 saturated heterocycles. The van der Waals surface area contributed by atoms with Crippen molar-refractivity contribution in [2.75, 3.05) is 6.61 Å². The third-order valence-corrected chi connectivity index (χ3v) is 4.73. The van der Waals surface area contributed by atoms with Crippen LogP contribution in [0.5, 0.6) is 0 Å². The van der Waals surface area contributed by atoms with Crippen LogP contribution in [0.4, 0.5) is 0 Å². The fraction of sp³-hybridized carbons (Fsp3) is 0.684. The Hall–Kier alpha value is -1.62. The summed E-state index contributed by atoms with van der Waals surface area (Å²) in [5.74, 6) is 0.903. The highest BCUT2D eigenvalue weighted by molar-refractivity contribution is 5.86. The van der Waals surface area contributed by atoms with Gasteiger partial charge < -0.3 is 14.2 Å². The number of hydrogen-bond acceptors (Lipinski definition) is 5. The zero-order valence-corrected chi connectivity index (χ0v) is 15.0. The first-order valence-electron chi connectivity index (χ1n) is 8.74. The van der Waals surface area contributed by atoms with Crippen LogP contribution in [-0.2, 0) is 23.8 Å². The molecule has 0 aromatic heterocycles. The van der Waals surface area contributed by atoms with Crippen LogP contribution in [0.2, 0.25) is 0 Å². The summed E-state index contributed by atoms with van der Waals surface area (Å²) < 4.78 is 16.3. The van der Waals surface area contributed by atoms with Gasteiger partial charge in [0.2, 0.25) is 6.29 Å². The van der Waals surface area contributed by atoms with Crippen molar-refractivity contribution in [1.82, 2.24) is 0 Å². The minimum Gasteiger partial charge on any atom is -0.462 e. The summed E-state index contributed by atoms with van der Waals surface area (Å²) in [6, 6.07) is 0. The first-order valence-corrected chi connectivity index (χ1v) is 8.74. The smallest absolute Gasteiger partial charge is 0.333 e. The van der Waals surface area contributed by atoms with Crippen molar-refractivity contribution in [2.45, 2.75) is 59.4 Å². The van der Waals surface area contributed by atoms with Crippen molar-refractivity contribution >= 4 is 11.9 Å². The number of esters is 2. The standard InChI is InChI=1S/C19H28O5/c1-12(2)16-8-7-13(3)10-17(16)23-19-15(11-18(21)24-19)6-5-9-22-14(4)20/h5-6,11-13,16-17,19H,7-10H2,1-4H3/b6-5+/t13-,16+,17-,19?/m1/s1. The molecule has 0 radical (unpaired) electrons. The lowest BCUT2D eigenvalue weighted by atomic mass is 9.75. The molecule has 1 saturated carbocycles. The molecule has 1 aliphatic carbocycles. The maximum absolute atomic E-state index is 11.6. The van der Waals surface area contributed by atoms with Crippen molar-refractivity contribution in [2.24, 2.45) is 17.8 Å². The van der Waals surface area contributed by atoms with E-state index < -0.39 is 12.3 Å². The van der Waals surface area contributed by atoms with Gasteiger partial charge in [-0.3, -0.25) is 4.79 Å². The van der Waals surface area contributed by atoms with Crippen LogP contribution >= 0.6 is 0 Å². The molecule has 0 spiro atoms. The number of ether oxygens (including phenoxy) is 3. The quantitative estimate of drug-likeness (QED) is 0.696. The fourth-order valence-electron chi connectivity index (χ4n) is 3.42. The highest BCUT2D eigenvalue weighted by Crippen LogP contribution is 2.37. The monoisotopic (exact) mass is 336 g/mol. The molecule has 0 aromatic carbocycles. The van der Waals surface area contributed by atoms with E-state index in [1.54, 1.807) is 12.2 Å². The maximum atomic E-state index is 11.6. The first-order chi connectivity index (χ1) is 11.4. The first kappa shape index (κ1) is 18.7. The van der Waals surface area contributed by atoms with E-state index in [1.165, 1.54) is 19.4 Å². The van der Waals surface area contributed by atoms with E-state index in [2.05, 4.69) is 20.8 Å². The van der Waals surface area contributed by atoms with E-state index in [-0.39, 0.29) is 18.7 Å². The number of cyclic esters (lactones) is 1. The van der Waals surface area contributed by atoms with Crippen molar-refractivity contribution in [3.63, 3.8) is 0 Å². The summed E-state index contributed by atoms with van der Waals surface area (Å²) in [5.41, 5.74) is 0.674. The third kappa shape index (κ3) is 5.20. The molecule has 0 amide bonds. The second-order valence-electron chi connectivity index (χ2n) is 7.12. The van der Waals surface area contributed by atoms with Gasteiger partial charge in [-0.1, -0.05) is 33.3 Å². The second-order valence-corrected chi connectivity index (χ2v) is 7.12. The second kappa shape index (κ2) is 8.47. The normalized spacial score (nSPS) is 30.5. The SMILES string of the molecule is CC(=O)OC/C=C/C1=CC(=O)OC1O[C@@H]1C[C@H](C)CC[C@H]1C(C)C. The number of carbonyl (C=O) groups is 2. The Morgan fingerprint density at radius 3 is 2.83 bits per heavy atom. The highest BCUT2D eigenvalue weighted by Gasteiger charge is 2.36. The van der Waals surface area contributed by atoms with Gasteiger partial charge in [-0.2, -0.15) is 0 Å². The van der Waals surface area contributed by atoms with Crippen molar-refractivity contribution in [3.05, 3.63) is 23.8 Å². The molecule has 2 aliphatic rings. The number of rotatable bonds is 6. The molecular weight excluding hydrogens is 308 g/mol. The van der Waals surface area contributed by atoms with Gasteiger partial charge in [-0.25, -0.2) is 4.79 Å². The molecule has 0 bridgehead atoms. The van der Waals surface area contributed by atoms with Crippen LogP contribution in [0.25, 0.3) is 0 Å². The lowest BCUT2D eigenvalue weighted by Gasteiger charge is -2.38. The van der Waals surface area contributed by atoms with Crippen molar-refractivity contribution < 1.29 is 23.8 Å². The van der Waals surface area contributed by atoms with E-state index in [9.17, 15) is 9.59 Å². The van der Waals surface area contributed by atoms with E-state index in [0.717, 1.165) is 12.8 Å². The predicted molar refractivity (Wildman–Crippen MR) is 90.0 cm³/mol. The molecule has 1 fully saturated rings. The molecule has 1 unspecified atom stereocenters. The lowest BCUT2D eigenvalue weighted by molar-refractivity contribution is -0.180. The third-order valence-electron chi connectivity index (χ3n) is 4.73. The van der Waals surface area contributed by atoms with E-state index in [0.29, 0.717) is 23.3 Å². The largest absolute Gasteiger partial charge is 0.462 e. The summed E-state index contributed by atoms with van der Waals surface area (Å²) in [6.45, 7) is 8.20. The molecule has 4 atom stereocenters. The van der Waals surface area contributed by atoms with Crippen molar-refractivity contribution in [3.8, 4) is 0 Å². The van der Waals surface area contributed by atoms with Gasteiger partial charge >= 0.3 is 11.9 Å². The Bertz CT molecular complexity index is 520. The summed E-state index contributed by atoms with van der Waals surface area (Å²) in [4.78, 5) is 22.4. The van der Waals surface area contributed by atoms with Crippen LogP contribution in [0.3, 0.4) is 0 Å². The minimum atomic E-state index is -0.664. The van der Waals surface area contributed by atoms with Gasteiger partial charge in [-0.15, -0.1) is 0 Å². The fourth-order valence-corrected chi connectivity index (χ4v) is 3.42. The summed E-state index contributed by atoms with van der Waals surface area (Å²) in [7, 11) is 0. The Balaban J connectivity index is 1.99. The zero-order chi connectivity index (χ0) is 17.7. The zero-order valence-electron chi connectivity index (χ0n) is 15.0. The predicted octanol–water partition coefficient (Wildman–Crippen LogP) is 3.39. The lowest BCUT2D eigenvalue weighted by Crippen LogP contribution is -2.37. The van der Waals surface area contributed by atoms with Gasteiger partial charge in [0.15, 0.2) is 0 Å². The van der Waals surface area contributed by atoms with Crippen molar-refractivity contribution in [1.29, 1.82) is 0 Å². The molecule has 2 rings (SSSR count). The molecule has 1 aliphatic heterocycles. The van der Waals surface area contributed by atoms with Gasteiger partial charge in [0.25, 0.3) is 0 Å². The summed E-state index contributed by atoms with van der Waals surface area (Å²) >= 11 is 0. The molecule has 5 nitrogen and oxygen atoms in total. The molecule has 1 heterocycles. The highest BCUT2D eigenvalue weighted by atomic mass is 16.7. The van der Waals surface area contributed by atoms with Crippen LogP contribution < -0.4 is 0 Å². The Kier molecular flexibility index (Phi) is 6.60. The molecular formula is C19H28O5.